The van der Waals surface area contributed by atoms with Crippen molar-refractivity contribution in [2.75, 3.05) is 6.61 Å². The Hall–Kier alpha value is -0.910. The van der Waals surface area contributed by atoms with Crippen molar-refractivity contribution in [2.45, 2.75) is 57.7 Å². The van der Waals surface area contributed by atoms with Crippen LogP contribution in [0.5, 0.6) is 0 Å². The second-order valence-corrected chi connectivity index (χ2v) is 4.92. The summed E-state index contributed by atoms with van der Waals surface area (Å²) >= 11 is 0. The molecule has 0 saturated carbocycles. The summed E-state index contributed by atoms with van der Waals surface area (Å²) in [4.78, 5) is 4.39. The third kappa shape index (κ3) is 3.54. The largest absolute Gasteiger partial charge is 0.378 e. The number of hydrogen-bond acceptors (Lipinski definition) is 4. The highest BCUT2D eigenvalue weighted by Gasteiger charge is 2.20. The van der Waals surface area contributed by atoms with E-state index in [1.54, 1.807) is 0 Å². The number of nitrogens with zero attached hydrogens (tertiary/aromatic N) is 2. The first kappa shape index (κ1) is 13.5. The topological polar surface area (TPSA) is 65.1 Å². The molecule has 0 aromatic carbocycles. The lowest BCUT2D eigenvalue weighted by Crippen LogP contribution is -2.41. The molecular formula is C13H24N4O. The van der Waals surface area contributed by atoms with Crippen molar-refractivity contribution in [1.29, 1.82) is 0 Å². The van der Waals surface area contributed by atoms with Crippen molar-refractivity contribution in [3.63, 3.8) is 0 Å². The molecule has 3 N–H and O–H groups in total. The first-order chi connectivity index (χ1) is 8.83. The summed E-state index contributed by atoms with van der Waals surface area (Å²) in [6.45, 7) is 3.97. The van der Waals surface area contributed by atoms with Crippen LogP contribution in [0.25, 0.3) is 0 Å². The number of aryl methyl sites for hydroxylation is 1. The molecule has 1 aromatic heterocycles. The molecule has 0 bridgehead atoms. The lowest BCUT2D eigenvalue weighted by Gasteiger charge is -2.26. The van der Waals surface area contributed by atoms with Crippen LogP contribution in [0.15, 0.2) is 12.4 Å². The maximum absolute atomic E-state index is 5.76. The zero-order valence-electron chi connectivity index (χ0n) is 11.1. The number of nitrogens with two attached hydrogens (primary N) is 1. The van der Waals surface area contributed by atoms with Gasteiger partial charge in [0.15, 0.2) is 0 Å². The predicted molar refractivity (Wildman–Crippen MR) is 70.9 cm³/mol. The quantitative estimate of drug-likeness (QED) is 0.590. The Bertz CT molecular complexity index is 347. The van der Waals surface area contributed by atoms with Gasteiger partial charge in [-0.3, -0.25) is 11.3 Å². The Morgan fingerprint density at radius 2 is 2.50 bits per heavy atom. The van der Waals surface area contributed by atoms with E-state index in [1.165, 1.54) is 12.8 Å². The summed E-state index contributed by atoms with van der Waals surface area (Å²) in [5.41, 5.74) is 2.91. The molecular weight excluding hydrogens is 228 g/mol. The van der Waals surface area contributed by atoms with Gasteiger partial charge < -0.3 is 9.30 Å². The second kappa shape index (κ2) is 6.87. The molecule has 2 atom stereocenters. The normalized spacial score (nSPS) is 22.0. The molecule has 1 aliphatic rings. The summed E-state index contributed by atoms with van der Waals surface area (Å²) < 4.78 is 7.92. The van der Waals surface area contributed by atoms with Crippen molar-refractivity contribution in [1.82, 2.24) is 15.0 Å². The number of ether oxygens (including phenoxy) is 1. The minimum Gasteiger partial charge on any atom is -0.378 e. The van der Waals surface area contributed by atoms with E-state index >= 15 is 0 Å². The number of aromatic nitrogens is 2. The van der Waals surface area contributed by atoms with Crippen molar-refractivity contribution in [3.05, 3.63) is 18.2 Å². The van der Waals surface area contributed by atoms with Crippen LogP contribution >= 0.6 is 0 Å². The van der Waals surface area contributed by atoms with Crippen LogP contribution in [0.4, 0.5) is 0 Å². The van der Waals surface area contributed by atoms with Crippen LogP contribution in [0.2, 0.25) is 0 Å². The minimum atomic E-state index is 0.237. The summed E-state index contributed by atoms with van der Waals surface area (Å²) in [6, 6.07) is 0.237. The number of hydrazine groups is 1. The van der Waals surface area contributed by atoms with E-state index in [0.717, 1.165) is 38.2 Å². The average Bonchev–Trinajstić information content (AvgIpc) is 2.86. The third-order valence-electron chi connectivity index (χ3n) is 3.63. The van der Waals surface area contributed by atoms with Crippen molar-refractivity contribution >= 4 is 0 Å². The van der Waals surface area contributed by atoms with E-state index in [1.807, 2.05) is 12.4 Å². The highest BCUT2D eigenvalue weighted by molar-refractivity contribution is 4.95. The maximum Gasteiger partial charge on any atom is 0.110 e. The SMILES string of the molecule is CCn1ccnc1CC(CC1CCCCO1)NN. The Labute approximate surface area is 109 Å². The monoisotopic (exact) mass is 252 g/mol. The summed E-state index contributed by atoms with van der Waals surface area (Å²) in [5.74, 6) is 6.75. The highest BCUT2D eigenvalue weighted by Crippen LogP contribution is 2.18. The second-order valence-electron chi connectivity index (χ2n) is 4.92. The molecule has 2 heterocycles. The molecule has 1 aromatic rings. The lowest BCUT2D eigenvalue weighted by atomic mass is 10.00. The van der Waals surface area contributed by atoms with Gasteiger partial charge >= 0.3 is 0 Å². The summed E-state index contributed by atoms with van der Waals surface area (Å²) in [5, 5.41) is 0. The van der Waals surface area contributed by atoms with E-state index in [9.17, 15) is 0 Å². The Morgan fingerprint density at radius 3 is 3.17 bits per heavy atom. The van der Waals surface area contributed by atoms with Gasteiger partial charge in [0.1, 0.15) is 5.82 Å². The Balaban J connectivity index is 1.88. The lowest BCUT2D eigenvalue weighted by molar-refractivity contribution is 0.00509. The zero-order chi connectivity index (χ0) is 12.8. The van der Waals surface area contributed by atoms with Crippen LogP contribution in [0, 0.1) is 0 Å². The predicted octanol–water partition coefficient (Wildman–Crippen LogP) is 1.24. The van der Waals surface area contributed by atoms with E-state index < -0.39 is 0 Å². The zero-order valence-corrected chi connectivity index (χ0v) is 11.1. The summed E-state index contributed by atoms with van der Waals surface area (Å²) in [6.07, 6.45) is 9.65. The van der Waals surface area contributed by atoms with Crippen molar-refractivity contribution < 1.29 is 4.74 Å². The van der Waals surface area contributed by atoms with Crippen LogP contribution < -0.4 is 11.3 Å². The van der Waals surface area contributed by atoms with E-state index in [2.05, 4.69) is 21.9 Å². The summed E-state index contributed by atoms with van der Waals surface area (Å²) in [7, 11) is 0. The first-order valence-electron chi connectivity index (χ1n) is 6.91. The highest BCUT2D eigenvalue weighted by atomic mass is 16.5. The number of rotatable bonds is 6. The van der Waals surface area contributed by atoms with Gasteiger partial charge in [0.25, 0.3) is 0 Å². The molecule has 0 spiro atoms. The van der Waals surface area contributed by atoms with Crippen molar-refractivity contribution in [2.24, 2.45) is 5.84 Å². The fourth-order valence-electron chi connectivity index (χ4n) is 2.56. The fraction of sp³-hybridized carbons (Fsp3) is 0.769. The molecule has 2 rings (SSSR count). The fourth-order valence-corrected chi connectivity index (χ4v) is 2.56. The van der Waals surface area contributed by atoms with Gasteiger partial charge in [-0.05, 0) is 32.6 Å². The molecule has 1 fully saturated rings. The molecule has 0 amide bonds. The molecule has 102 valence electrons. The smallest absolute Gasteiger partial charge is 0.110 e. The van der Waals surface area contributed by atoms with Crippen LogP contribution in [-0.2, 0) is 17.7 Å². The molecule has 1 aliphatic heterocycles. The minimum absolute atomic E-state index is 0.237. The molecule has 0 aliphatic carbocycles. The number of hydrogen-bond donors (Lipinski definition) is 2. The van der Waals surface area contributed by atoms with E-state index in [0.29, 0.717) is 6.10 Å². The average molecular weight is 252 g/mol. The van der Waals surface area contributed by atoms with Crippen LogP contribution in [0.1, 0.15) is 38.4 Å². The number of imidazole rings is 1. The van der Waals surface area contributed by atoms with Gasteiger partial charge in [0, 0.05) is 38.0 Å². The van der Waals surface area contributed by atoms with Gasteiger partial charge in [-0.1, -0.05) is 0 Å². The van der Waals surface area contributed by atoms with Gasteiger partial charge in [-0.2, -0.15) is 0 Å². The van der Waals surface area contributed by atoms with Crippen LogP contribution in [-0.4, -0.2) is 28.3 Å². The maximum atomic E-state index is 5.76. The van der Waals surface area contributed by atoms with Gasteiger partial charge in [0.2, 0.25) is 0 Å². The van der Waals surface area contributed by atoms with Gasteiger partial charge in [-0.25, -0.2) is 4.98 Å². The van der Waals surface area contributed by atoms with Crippen molar-refractivity contribution in [3.8, 4) is 0 Å². The van der Waals surface area contributed by atoms with E-state index in [4.69, 9.17) is 10.6 Å². The Kier molecular flexibility index (Phi) is 5.16. The third-order valence-corrected chi connectivity index (χ3v) is 3.63. The molecule has 5 nitrogen and oxygen atoms in total. The standard InChI is InChI=1S/C13H24N4O/c1-2-17-7-6-15-13(17)10-11(16-14)9-12-5-3-4-8-18-12/h6-7,11-12,16H,2-5,8-10,14H2,1H3. The van der Waals surface area contributed by atoms with Crippen LogP contribution in [0.3, 0.4) is 0 Å². The molecule has 1 saturated heterocycles. The molecule has 0 radical (unpaired) electrons. The Morgan fingerprint density at radius 1 is 1.61 bits per heavy atom. The molecule has 18 heavy (non-hydrogen) atoms. The van der Waals surface area contributed by atoms with Gasteiger partial charge in [-0.15, -0.1) is 0 Å². The molecule has 5 heteroatoms. The van der Waals surface area contributed by atoms with Gasteiger partial charge in [0.05, 0.1) is 6.10 Å². The first-order valence-corrected chi connectivity index (χ1v) is 6.91. The molecule has 2 unspecified atom stereocenters. The van der Waals surface area contributed by atoms with E-state index in [-0.39, 0.29) is 6.04 Å². The number of nitrogens with one attached hydrogen (secondary N) is 1.